The number of hydrogen-bond donors (Lipinski definition) is 2. The Morgan fingerprint density at radius 3 is 2.41 bits per heavy atom. The zero-order chi connectivity index (χ0) is 23.3. The topological polar surface area (TPSA) is 104 Å². The minimum atomic E-state index is -0.722. The van der Waals surface area contributed by atoms with Crippen molar-refractivity contribution in [2.75, 3.05) is 13.1 Å². The molecule has 0 spiro atoms. The Kier molecular flexibility index (Phi) is 7.73. The third-order valence-electron chi connectivity index (χ3n) is 6.94. The predicted octanol–water partition coefficient (Wildman–Crippen LogP) is 3.25. The molecule has 0 radical (unpaired) electrons. The van der Waals surface area contributed by atoms with E-state index >= 15 is 0 Å². The van der Waals surface area contributed by atoms with Crippen LogP contribution in [0.3, 0.4) is 0 Å². The molecule has 9 heteroatoms. The van der Waals surface area contributed by atoms with E-state index in [2.05, 4.69) is 5.32 Å². The Balaban J connectivity index is 1.85. The first-order valence-electron chi connectivity index (χ1n) is 11.2. The number of hydroxylamine groups is 2. The molecule has 0 bridgehead atoms. The fourth-order valence-electron chi connectivity index (χ4n) is 5.17. The summed E-state index contributed by atoms with van der Waals surface area (Å²) < 4.78 is 12.6. The van der Waals surface area contributed by atoms with Crippen LogP contribution in [-0.4, -0.2) is 58.1 Å². The highest BCUT2D eigenvalue weighted by molar-refractivity contribution is 6.04. The minimum absolute atomic E-state index is 0.113. The van der Waals surface area contributed by atoms with Crippen LogP contribution < -0.4 is 5.32 Å². The lowest BCUT2D eigenvalue weighted by Crippen LogP contribution is -2.65. The molecular formula is C23H31FN3O5+. The molecule has 2 N–H and O–H groups in total. The molecule has 8 nitrogen and oxygen atoms in total. The summed E-state index contributed by atoms with van der Waals surface area (Å²) in [6.45, 7) is 1.86. The van der Waals surface area contributed by atoms with Crippen LogP contribution in [0.4, 0.5) is 9.18 Å². The van der Waals surface area contributed by atoms with Crippen LogP contribution >= 0.6 is 0 Å². The first kappa shape index (κ1) is 24.0. The molecule has 1 aromatic rings. The smallest absolute Gasteiger partial charge is 0.286 e. The number of quaternary nitrogens is 1. The number of likely N-dealkylation sites (tertiary alicyclic amines) is 1. The molecule has 1 aliphatic carbocycles. The first-order chi connectivity index (χ1) is 15.3. The fraction of sp³-hybridized carbons (Fsp3) is 0.565. The Bertz CT molecular complexity index is 856. The van der Waals surface area contributed by atoms with Crippen LogP contribution in [0, 0.1) is 17.7 Å². The predicted molar refractivity (Wildman–Crippen MR) is 113 cm³/mol. The van der Waals surface area contributed by atoms with Gasteiger partial charge in [-0.25, -0.2) is 24.4 Å². The highest BCUT2D eigenvalue weighted by Gasteiger charge is 2.55. The van der Waals surface area contributed by atoms with Gasteiger partial charge in [0, 0.05) is 18.4 Å². The van der Waals surface area contributed by atoms with Gasteiger partial charge in [-0.3, -0.25) is 14.8 Å². The van der Waals surface area contributed by atoms with Gasteiger partial charge in [0.1, 0.15) is 11.9 Å². The summed E-state index contributed by atoms with van der Waals surface area (Å²) in [5.74, 6) is -2.01. The lowest BCUT2D eigenvalue weighted by atomic mass is 9.91. The van der Waals surface area contributed by atoms with E-state index in [4.69, 9.17) is 0 Å². The average molecular weight is 449 g/mol. The maximum absolute atomic E-state index is 13.8. The quantitative estimate of drug-likeness (QED) is 0.288. The molecule has 3 atom stereocenters. The van der Waals surface area contributed by atoms with Gasteiger partial charge in [0.2, 0.25) is 6.41 Å². The van der Waals surface area contributed by atoms with Crippen LogP contribution in [0.2, 0.25) is 0 Å². The maximum Gasteiger partial charge on any atom is 0.431 e. The van der Waals surface area contributed by atoms with E-state index < -0.39 is 28.2 Å². The monoisotopic (exact) mass is 448 g/mol. The number of benzene rings is 1. The second-order valence-corrected chi connectivity index (χ2v) is 9.00. The van der Waals surface area contributed by atoms with E-state index in [1.165, 1.54) is 12.1 Å². The standard InChI is InChI=1S/C23H30FN3O5/c1-16-5-4-12-27(16,23(31)25-21(29)18-8-10-20(24)11-9-18)22(30)19(14-26(32)15-28)13-17-6-2-3-7-17/h8-11,15-17,19,32H,2-7,12-14H2,1H3/p+1/t16-,19-,27?/m1/s1. The van der Waals surface area contributed by atoms with Crippen molar-refractivity contribution >= 4 is 24.3 Å². The Hall–Kier alpha value is -2.65. The summed E-state index contributed by atoms with van der Waals surface area (Å²) in [6, 6.07) is 3.72. The van der Waals surface area contributed by atoms with Crippen LogP contribution in [0.1, 0.15) is 62.2 Å². The molecule has 5 amide bonds. The van der Waals surface area contributed by atoms with Gasteiger partial charge in [-0.15, -0.1) is 0 Å². The van der Waals surface area contributed by atoms with Crippen LogP contribution in [0.25, 0.3) is 0 Å². The average Bonchev–Trinajstić information content (AvgIpc) is 3.43. The van der Waals surface area contributed by atoms with Crippen LogP contribution in [-0.2, 0) is 9.59 Å². The number of halogens is 1. The van der Waals surface area contributed by atoms with E-state index in [-0.39, 0.29) is 37.0 Å². The second-order valence-electron chi connectivity index (χ2n) is 9.00. The Morgan fingerprint density at radius 1 is 1.19 bits per heavy atom. The van der Waals surface area contributed by atoms with Gasteiger partial charge in [0.05, 0.1) is 19.0 Å². The number of nitrogens with zero attached hydrogens (tertiary/aromatic N) is 2. The van der Waals surface area contributed by atoms with E-state index in [9.17, 15) is 28.8 Å². The van der Waals surface area contributed by atoms with Gasteiger partial charge in [-0.05, 0) is 43.5 Å². The first-order valence-corrected chi connectivity index (χ1v) is 11.2. The molecule has 1 aromatic carbocycles. The number of imide groups is 2. The van der Waals surface area contributed by atoms with E-state index in [0.29, 0.717) is 30.2 Å². The summed E-state index contributed by atoms with van der Waals surface area (Å²) in [5.41, 5.74) is 0.113. The van der Waals surface area contributed by atoms with Crippen molar-refractivity contribution in [3.05, 3.63) is 35.6 Å². The molecule has 2 fully saturated rings. The van der Waals surface area contributed by atoms with E-state index in [1.54, 1.807) is 6.92 Å². The number of amides is 5. The summed E-state index contributed by atoms with van der Waals surface area (Å²) in [4.78, 5) is 50.8. The van der Waals surface area contributed by atoms with E-state index in [1.807, 2.05) is 0 Å². The molecule has 174 valence electrons. The van der Waals surface area contributed by atoms with Crippen molar-refractivity contribution in [1.29, 1.82) is 0 Å². The van der Waals surface area contributed by atoms with Crippen molar-refractivity contribution in [2.45, 2.75) is 57.9 Å². The number of carbonyl (C=O) groups excluding carboxylic acids is 4. The zero-order valence-corrected chi connectivity index (χ0v) is 18.3. The van der Waals surface area contributed by atoms with Crippen molar-refractivity contribution in [3.8, 4) is 0 Å². The third kappa shape index (κ3) is 5.05. The molecule has 2 aliphatic rings. The van der Waals surface area contributed by atoms with Crippen molar-refractivity contribution in [1.82, 2.24) is 10.4 Å². The third-order valence-corrected chi connectivity index (χ3v) is 6.94. The summed E-state index contributed by atoms with van der Waals surface area (Å²) in [7, 11) is 0. The molecule has 1 unspecified atom stereocenters. The largest absolute Gasteiger partial charge is 0.431 e. The molecular weight excluding hydrogens is 417 g/mol. The van der Waals surface area contributed by atoms with E-state index in [0.717, 1.165) is 37.8 Å². The molecule has 1 heterocycles. The normalized spacial score (nSPS) is 24.2. The fourth-order valence-corrected chi connectivity index (χ4v) is 5.17. The second kappa shape index (κ2) is 10.3. The molecule has 3 rings (SSSR count). The SMILES string of the molecule is C[C@@H]1CCC[N+]1(C(=O)NC(=O)c1ccc(F)cc1)C(=O)[C@H](CC1CCCC1)CN(O)C=O. The van der Waals surface area contributed by atoms with Gasteiger partial charge in [0.15, 0.2) is 0 Å². The number of carbonyl (C=O) groups is 4. The van der Waals surface area contributed by atoms with Crippen molar-refractivity contribution in [3.63, 3.8) is 0 Å². The molecule has 1 aliphatic heterocycles. The molecule has 1 saturated carbocycles. The van der Waals surface area contributed by atoms with Gasteiger partial charge in [0.25, 0.3) is 5.91 Å². The summed E-state index contributed by atoms with van der Waals surface area (Å²) >= 11 is 0. The van der Waals surface area contributed by atoms with Crippen molar-refractivity contribution < 1.29 is 33.3 Å². The van der Waals surface area contributed by atoms with Crippen molar-refractivity contribution in [2.24, 2.45) is 11.8 Å². The summed E-state index contributed by atoms with van der Waals surface area (Å²) in [6.07, 6.45) is 6.10. The van der Waals surface area contributed by atoms with Gasteiger partial charge >= 0.3 is 11.9 Å². The van der Waals surface area contributed by atoms with Crippen LogP contribution in [0.5, 0.6) is 0 Å². The highest BCUT2D eigenvalue weighted by atomic mass is 19.1. The molecule has 0 aromatic heterocycles. The van der Waals surface area contributed by atoms with Gasteiger partial charge in [-0.1, -0.05) is 25.7 Å². The highest BCUT2D eigenvalue weighted by Crippen LogP contribution is 2.35. The Labute approximate surface area is 186 Å². The summed E-state index contributed by atoms with van der Waals surface area (Å²) in [5, 5.41) is 12.6. The number of urea groups is 1. The number of hydrogen-bond acceptors (Lipinski definition) is 5. The number of nitrogens with one attached hydrogen (secondary N) is 1. The lowest BCUT2D eigenvalue weighted by molar-refractivity contribution is -0.786. The Morgan fingerprint density at radius 2 is 1.84 bits per heavy atom. The van der Waals surface area contributed by atoms with Gasteiger partial charge in [-0.2, -0.15) is 4.48 Å². The number of rotatable bonds is 7. The van der Waals surface area contributed by atoms with Gasteiger partial charge < -0.3 is 0 Å². The van der Waals surface area contributed by atoms with Crippen LogP contribution in [0.15, 0.2) is 24.3 Å². The molecule has 32 heavy (non-hydrogen) atoms. The zero-order valence-electron chi connectivity index (χ0n) is 18.3. The minimum Gasteiger partial charge on any atom is -0.286 e. The molecule has 1 saturated heterocycles. The maximum atomic E-state index is 13.8. The lowest BCUT2D eigenvalue weighted by Gasteiger charge is -2.36.